The van der Waals surface area contributed by atoms with Crippen LogP contribution in [0.2, 0.25) is 0 Å². The highest BCUT2D eigenvalue weighted by Gasteiger charge is 2.19. The zero-order valence-electron chi connectivity index (χ0n) is 44.5. The summed E-state index contributed by atoms with van der Waals surface area (Å²) in [5, 5.41) is 0. The van der Waals surface area contributed by atoms with Gasteiger partial charge in [-0.3, -0.25) is 14.4 Å². The maximum absolute atomic E-state index is 12.7. The molecule has 0 aromatic rings. The molecule has 6 heteroatoms. The van der Waals surface area contributed by atoms with Crippen LogP contribution in [0.15, 0.2) is 122 Å². The number of ether oxygens (including phenoxy) is 3. The Labute approximate surface area is 424 Å². The van der Waals surface area contributed by atoms with Gasteiger partial charge in [0.2, 0.25) is 0 Å². The second kappa shape index (κ2) is 56.4. The molecule has 0 rings (SSSR count). The average molecular weight is 956 g/mol. The molecule has 0 saturated carbocycles. The molecule has 0 heterocycles. The topological polar surface area (TPSA) is 78.9 Å². The molecule has 0 aliphatic carbocycles. The number of allylic oxidation sites excluding steroid dienone is 20. The lowest BCUT2D eigenvalue weighted by Crippen LogP contribution is -2.30. The average Bonchev–Trinajstić information content (AvgIpc) is 3.35. The van der Waals surface area contributed by atoms with Crippen LogP contribution in [0.1, 0.15) is 239 Å². The van der Waals surface area contributed by atoms with Crippen molar-refractivity contribution in [1.82, 2.24) is 0 Å². The van der Waals surface area contributed by atoms with E-state index in [2.05, 4.69) is 142 Å². The first-order valence-electron chi connectivity index (χ1n) is 28.0. The fourth-order valence-electron chi connectivity index (χ4n) is 7.23. The van der Waals surface area contributed by atoms with E-state index in [4.69, 9.17) is 14.2 Å². The number of carbonyl (C=O) groups is 3. The third-order valence-corrected chi connectivity index (χ3v) is 11.4. The molecule has 1 unspecified atom stereocenters. The predicted octanol–water partition coefficient (Wildman–Crippen LogP) is 18.9. The molecule has 69 heavy (non-hydrogen) atoms. The van der Waals surface area contributed by atoms with Crippen molar-refractivity contribution in [3.05, 3.63) is 122 Å². The second-order valence-electron chi connectivity index (χ2n) is 18.1. The normalized spacial score (nSPS) is 13.0. The minimum atomic E-state index is -0.792. The van der Waals surface area contributed by atoms with E-state index in [1.165, 1.54) is 38.5 Å². The summed E-state index contributed by atoms with van der Waals surface area (Å²) >= 11 is 0. The number of carbonyl (C=O) groups excluding carboxylic acids is 3. The number of hydrogen-bond donors (Lipinski definition) is 0. The van der Waals surface area contributed by atoms with E-state index in [9.17, 15) is 14.4 Å². The monoisotopic (exact) mass is 955 g/mol. The van der Waals surface area contributed by atoms with Crippen LogP contribution in [0.5, 0.6) is 0 Å². The van der Waals surface area contributed by atoms with Crippen molar-refractivity contribution in [1.29, 1.82) is 0 Å². The molecule has 0 bridgehead atoms. The summed E-state index contributed by atoms with van der Waals surface area (Å²) < 4.78 is 16.7. The number of rotatable bonds is 49. The SMILES string of the molecule is CC/C=C\C/C=C\C/C=C\C/C=C\C/C=C\C/C=C\C/C=C\C/C=C\CCCCCCCCC(=O)OCC(COC(=O)CCCCCCC/C=C\CCC)OC(=O)CCCCCCC/C=C\CCC. The van der Waals surface area contributed by atoms with E-state index >= 15 is 0 Å². The van der Waals surface area contributed by atoms with Gasteiger partial charge in [-0.25, -0.2) is 0 Å². The highest BCUT2D eigenvalue weighted by atomic mass is 16.6. The standard InChI is InChI=1S/C63H102O6/c1-4-7-10-13-16-19-22-23-24-25-26-27-28-29-30-31-32-33-34-35-36-37-38-39-40-41-42-45-47-50-53-56-62(65)68-59-60(69-63(66)57-54-51-48-44-21-18-15-12-9-6-3)58-67-61(64)55-52-49-46-43-20-17-14-11-8-5-2/h7,10-12,14-16,19,23-24,26-27,29-30,32-33,35-36,38-39,60H,4-6,8-9,13,17-18,20-22,25,28,31,34,37,40-59H2,1-3H3/b10-7-,14-11-,15-12-,19-16-,24-23-,27-26-,30-29-,33-32-,36-35-,39-38-. The van der Waals surface area contributed by atoms with Crippen LogP contribution in [0.25, 0.3) is 0 Å². The van der Waals surface area contributed by atoms with Crippen molar-refractivity contribution in [3.8, 4) is 0 Å². The summed E-state index contributed by atoms with van der Waals surface area (Å²) in [4.78, 5) is 37.9. The molecule has 6 nitrogen and oxygen atoms in total. The highest BCUT2D eigenvalue weighted by Crippen LogP contribution is 2.13. The van der Waals surface area contributed by atoms with Gasteiger partial charge in [0.05, 0.1) is 0 Å². The molecule has 1 atom stereocenters. The van der Waals surface area contributed by atoms with Crippen LogP contribution in [-0.4, -0.2) is 37.2 Å². The van der Waals surface area contributed by atoms with Crippen LogP contribution < -0.4 is 0 Å². The number of hydrogen-bond acceptors (Lipinski definition) is 6. The maximum Gasteiger partial charge on any atom is 0.306 e. The zero-order valence-corrected chi connectivity index (χ0v) is 44.5. The molecule has 0 aromatic heterocycles. The Morgan fingerprint density at radius 2 is 0.565 bits per heavy atom. The van der Waals surface area contributed by atoms with Gasteiger partial charge >= 0.3 is 17.9 Å². The van der Waals surface area contributed by atoms with Crippen molar-refractivity contribution >= 4 is 17.9 Å². The molecular weight excluding hydrogens is 853 g/mol. The third kappa shape index (κ3) is 54.6. The second-order valence-corrected chi connectivity index (χ2v) is 18.1. The van der Waals surface area contributed by atoms with Gasteiger partial charge in [-0.05, 0) is 122 Å². The molecule has 0 saturated heterocycles. The first kappa shape index (κ1) is 64.8. The summed E-state index contributed by atoms with van der Waals surface area (Å²) in [6.07, 6.45) is 77.8. The minimum Gasteiger partial charge on any atom is -0.462 e. The van der Waals surface area contributed by atoms with E-state index in [0.717, 1.165) is 161 Å². The van der Waals surface area contributed by atoms with E-state index in [-0.39, 0.29) is 31.1 Å². The van der Waals surface area contributed by atoms with Crippen molar-refractivity contribution in [3.63, 3.8) is 0 Å². The van der Waals surface area contributed by atoms with E-state index in [1.54, 1.807) is 0 Å². The van der Waals surface area contributed by atoms with Crippen LogP contribution in [0, 0.1) is 0 Å². The predicted molar refractivity (Wildman–Crippen MR) is 297 cm³/mol. The van der Waals surface area contributed by atoms with Crippen LogP contribution in [0.4, 0.5) is 0 Å². The number of esters is 3. The minimum absolute atomic E-state index is 0.0928. The van der Waals surface area contributed by atoms with Crippen molar-refractivity contribution < 1.29 is 28.6 Å². The number of unbranched alkanes of at least 4 members (excludes halogenated alkanes) is 18. The molecule has 0 N–H and O–H groups in total. The van der Waals surface area contributed by atoms with Gasteiger partial charge in [-0.15, -0.1) is 0 Å². The van der Waals surface area contributed by atoms with Gasteiger partial charge in [-0.1, -0.05) is 219 Å². The van der Waals surface area contributed by atoms with Gasteiger partial charge in [0.15, 0.2) is 6.10 Å². The lowest BCUT2D eigenvalue weighted by atomic mass is 10.1. The molecule has 0 spiro atoms. The Hall–Kier alpha value is -4.19. The lowest BCUT2D eigenvalue weighted by Gasteiger charge is -2.18. The molecule has 0 aliphatic heterocycles. The molecule has 390 valence electrons. The van der Waals surface area contributed by atoms with Gasteiger partial charge < -0.3 is 14.2 Å². The van der Waals surface area contributed by atoms with E-state index in [1.807, 2.05) is 0 Å². The molecule has 0 fully saturated rings. The summed E-state index contributed by atoms with van der Waals surface area (Å²) in [5.41, 5.74) is 0. The van der Waals surface area contributed by atoms with Gasteiger partial charge in [0, 0.05) is 19.3 Å². The molecule has 0 amide bonds. The van der Waals surface area contributed by atoms with Crippen LogP contribution in [-0.2, 0) is 28.6 Å². The first-order chi connectivity index (χ1) is 34.0. The fourth-order valence-corrected chi connectivity index (χ4v) is 7.23. The highest BCUT2D eigenvalue weighted by molar-refractivity contribution is 5.71. The Kier molecular flexibility index (Phi) is 53.0. The largest absolute Gasteiger partial charge is 0.462 e. The fraction of sp³-hybridized carbons (Fsp3) is 0.635. The van der Waals surface area contributed by atoms with Gasteiger partial charge in [0.1, 0.15) is 13.2 Å². The Morgan fingerprint density at radius 1 is 0.304 bits per heavy atom. The van der Waals surface area contributed by atoms with Crippen molar-refractivity contribution in [2.75, 3.05) is 13.2 Å². The lowest BCUT2D eigenvalue weighted by molar-refractivity contribution is -0.167. The third-order valence-electron chi connectivity index (χ3n) is 11.4. The van der Waals surface area contributed by atoms with Crippen LogP contribution in [0.3, 0.4) is 0 Å². The molecule has 0 aliphatic rings. The van der Waals surface area contributed by atoms with E-state index in [0.29, 0.717) is 19.3 Å². The summed E-state index contributed by atoms with van der Waals surface area (Å²) in [5.74, 6) is -0.936. The van der Waals surface area contributed by atoms with E-state index < -0.39 is 6.10 Å². The van der Waals surface area contributed by atoms with Crippen LogP contribution >= 0.6 is 0 Å². The Bertz CT molecular complexity index is 1470. The molecule has 0 radical (unpaired) electrons. The van der Waals surface area contributed by atoms with Gasteiger partial charge in [-0.2, -0.15) is 0 Å². The Balaban J connectivity index is 4.21. The zero-order chi connectivity index (χ0) is 50.0. The van der Waals surface area contributed by atoms with Crippen molar-refractivity contribution in [2.45, 2.75) is 245 Å². The summed E-state index contributed by atoms with van der Waals surface area (Å²) in [6.45, 7) is 6.36. The van der Waals surface area contributed by atoms with Crippen molar-refractivity contribution in [2.24, 2.45) is 0 Å². The Morgan fingerprint density at radius 3 is 0.899 bits per heavy atom. The molecule has 0 aromatic carbocycles. The maximum atomic E-state index is 12.7. The quantitative estimate of drug-likeness (QED) is 0.0262. The smallest absolute Gasteiger partial charge is 0.306 e. The molecular formula is C63H102O6. The summed E-state index contributed by atoms with van der Waals surface area (Å²) in [6, 6.07) is 0. The summed E-state index contributed by atoms with van der Waals surface area (Å²) in [7, 11) is 0. The van der Waals surface area contributed by atoms with Gasteiger partial charge in [0.25, 0.3) is 0 Å². The first-order valence-corrected chi connectivity index (χ1v) is 28.0.